The summed E-state index contributed by atoms with van der Waals surface area (Å²) in [5.41, 5.74) is 1.16. The van der Waals surface area contributed by atoms with Gasteiger partial charge in [-0.3, -0.25) is 10.1 Å². The van der Waals surface area contributed by atoms with Gasteiger partial charge in [-0.1, -0.05) is 13.8 Å². The van der Waals surface area contributed by atoms with Gasteiger partial charge in [-0.25, -0.2) is 9.37 Å². The van der Waals surface area contributed by atoms with Gasteiger partial charge < -0.3 is 9.88 Å². The molecule has 0 radical (unpaired) electrons. The van der Waals surface area contributed by atoms with Crippen LogP contribution in [0.25, 0.3) is 0 Å². The van der Waals surface area contributed by atoms with E-state index in [-0.39, 0.29) is 5.69 Å². The standard InChI is InChI=1S/C14H17FN4O2/c1-10(2)16-6-13-8-18(9-17-13)7-11-3-12(15)5-14(4-11)19(20)21/h3-5,8-10,16H,6-7H2,1-2H3. The smallest absolute Gasteiger partial charge is 0.272 e. The van der Waals surface area contributed by atoms with Crippen LogP contribution in [-0.2, 0) is 13.1 Å². The molecule has 0 unspecified atom stereocenters. The fraction of sp³-hybridized carbons (Fsp3) is 0.357. The Labute approximate surface area is 121 Å². The van der Waals surface area contributed by atoms with Crippen LogP contribution in [0.3, 0.4) is 0 Å². The monoisotopic (exact) mass is 292 g/mol. The first-order valence-electron chi connectivity index (χ1n) is 6.62. The van der Waals surface area contributed by atoms with Crippen LogP contribution in [0.4, 0.5) is 10.1 Å². The summed E-state index contributed by atoms with van der Waals surface area (Å²) in [5, 5.41) is 14.0. The van der Waals surface area contributed by atoms with Crippen molar-refractivity contribution in [3.63, 3.8) is 0 Å². The second kappa shape index (κ2) is 6.45. The van der Waals surface area contributed by atoms with E-state index in [1.165, 1.54) is 12.1 Å². The molecule has 2 aromatic rings. The van der Waals surface area contributed by atoms with E-state index in [4.69, 9.17) is 0 Å². The van der Waals surface area contributed by atoms with E-state index in [1.807, 2.05) is 20.0 Å². The van der Waals surface area contributed by atoms with Gasteiger partial charge in [-0.05, 0) is 11.6 Å². The Bertz CT molecular complexity index is 640. The lowest BCUT2D eigenvalue weighted by Gasteiger charge is -2.05. The number of hydrogen-bond acceptors (Lipinski definition) is 4. The normalized spacial score (nSPS) is 11.0. The van der Waals surface area contributed by atoms with E-state index >= 15 is 0 Å². The van der Waals surface area contributed by atoms with Crippen molar-refractivity contribution in [2.75, 3.05) is 0 Å². The molecule has 0 spiro atoms. The maximum atomic E-state index is 13.4. The number of benzene rings is 1. The topological polar surface area (TPSA) is 73.0 Å². The minimum absolute atomic E-state index is 0.244. The molecule has 0 aliphatic rings. The van der Waals surface area contributed by atoms with Gasteiger partial charge >= 0.3 is 0 Å². The highest BCUT2D eigenvalue weighted by molar-refractivity contribution is 5.35. The molecule has 7 heteroatoms. The zero-order chi connectivity index (χ0) is 15.4. The molecule has 0 aliphatic carbocycles. The molecule has 0 aliphatic heterocycles. The molecule has 6 nitrogen and oxygen atoms in total. The molecular formula is C14H17FN4O2. The molecule has 1 N–H and O–H groups in total. The maximum absolute atomic E-state index is 13.4. The first-order chi connectivity index (χ1) is 9.94. The van der Waals surface area contributed by atoms with Crippen molar-refractivity contribution >= 4 is 5.69 Å². The number of aromatic nitrogens is 2. The highest BCUT2D eigenvalue weighted by atomic mass is 19.1. The van der Waals surface area contributed by atoms with E-state index in [0.717, 1.165) is 11.8 Å². The molecular weight excluding hydrogens is 275 g/mol. The lowest BCUT2D eigenvalue weighted by Crippen LogP contribution is -2.21. The van der Waals surface area contributed by atoms with Gasteiger partial charge in [0.15, 0.2) is 0 Å². The molecule has 0 amide bonds. The number of nitro groups is 1. The van der Waals surface area contributed by atoms with E-state index < -0.39 is 10.7 Å². The van der Waals surface area contributed by atoms with E-state index in [0.29, 0.717) is 24.7 Å². The zero-order valence-electron chi connectivity index (χ0n) is 11.9. The molecule has 0 saturated carbocycles. The van der Waals surface area contributed by atoms with Crippen LogP contribution in [0.1, 0.15) is 25.1 Å². The van der Waals surface area contributed by atoms with E-state index in [9.17, 15) is 14.5 Å². The second-order valence-corrected chi connectivity index (χ2v) is 5.15. The lowest BCUT2D eigenvalue weighted by atomic mass is 10.2. The molecule has 0 fully saturated rings. The summed E-state index contributed by atoms with van der Waals surface area (Å²) in [7, 11) is 0. The average Bonchev–Trinajstić information content (AvgIpc) is 2.83. The fourth-order valence-corrected chi connectivity index (χ4v) is 1.93. The molecule has 1 aromatic carbocycles. The van der Waals surface area contributed by atoms with Crippen molar-refractivity contribution in [2.45, 2.75) is 33.0 Å². The van der Waals surface area contributed by atoms with Crippen molar-refractivity contribution in [1.29, 1.82) is 0 Å². The summed E-state index contributed by atoms with van der Waals surface area (Å²) in [6, 6.07) is 3.94. The van der Waals surface area contributed by atoms with Gasteiger partial charge in [0.25, 0.3) is 5.69 Å². The quantitative estimate of drug-likeness (QED) is 0.655. The third-order valence-electron chi connectivity index (χ3n) is 2.90. The predicted molar refractivity (Wildman–Crippen MR) is 76.4 cm³/mol. The van der Waals surface area contributed by atoms with Crippen LogP contribution < -0.4 is 5.32 Å². The third kappa shape index (κ3) is 4.35. The van der Waals surface area contributed by atoms with E-state index in [1.54, 1.807) is 10.9 Å². The first-order valence-corrected chi connectivity index (χ1v) is 6.62. The lowest BCUT2D eigenvalue weighted by molar-refractivity contribution is -0.385. The summed E-state index contributed by atoms with van der Waals surface area (Å²) >= 11 is 0. The Balaban J connectivity index is 2.09. The minimum Gasteiger partial charge on any atom is -0.333 e. The van der Waals surface area contributed by atoms with Crippen LogP contribution >= 0.6 is 0 Å². The Morgan fingerprint density at radius 2 is 2.19 bits per heavy atom. The molecule has 0 bridgehead atoms. The second-order valence-electron chi connectivity index (χ2n) is 5.15. The Hall–Kier alpha value is -2.28. The molecule has 0 saturated heterocycles. The number of nitro benzene ring substituents is 1. The van der Waals surface area contributed by atoms with Crippen LogP contribution in [0.15, 0.2) is 30.7 Å². The molecule has 1 aromatic heterocycles. The van der Waals surface area contributed by atoms with Crippen molar-refractivity contribution in [3.05, 3.63) is 57.9 Å². The number of halogens is 1. The van der Waals surface area contributed by atoms with Crippen molar-refractivity contribution < 1.29 is 9.31 Å². The van der Waals surface area contributed by atoms with E-state index in [2.05, 4.69) is 10.3 Å². The van der Waals surface area contributed by atoms with Crippen LogP contribution in [0.5, 0.6) is 0 Å². The van der Waals surface area contributed by atoms with Gasteiger partial charge in [0.05, 0.1) is 23.0 Å². The number of hydrogen-bond donors (Lipinski definition) is 1. The Morgan fingerprint density at radius 1 is 1.43 bits per heavy atom. The predicted octanol–water partition coefficient (Wildman–Crippen LogP) is 2.48. The van der Waals surface area contributed by atoms with Crippen LogP contribution in [-0.4, -0.2) is 20.5 Å². The highest BCUT2D eigenvalue weighted by Crippen LogP contribution is 2.17. The summed E-state index contributed by atoms with van der Waals surface area (Å²) in [6.07, 6.45) is 3.47. The molecule has 21 heavy (non-hydrogen) atoms. The first kappa shape index (κ1) is 15.1. The van der Waals surface area contributed by atoms with Gasteiger partial charge in [0.1, 0.15) is 5.82 Å². The number of nitrogens with one attached hydrogen (secondary N) is 1. The van der Waals surface area contributed by atoms with Gasteiger partial charge in [-0.2, -0.15) is 0 Å². The van der Waals surface area contributed by atoms with Gasteiger partial charge in [-0.15, -0.1) is 0 Å². The van der Waals surface area contributed by atoms with Crippen LogP contribution in [0.2, 0.25) is 0 Å². The van der Waals surface area contributed by atoms with Crippen molar-refractivity contribution in [1.82, 2.24) is 14.9 Å². The minimum atomic E-state index is -0.610. The Kier molecular flexibility index (Phi) is 4.64. The number of rotatable bonds is 6. The van der Waals surface area contributed by atoms with Crippen molar-refractivity contribution in [3.8, 4) is 0 Å². The molecule has 2 rings (SSSR count). The highest BCUT2D eigenvalue weighted by Gasteiger charge is 2.10. The summed E-state index contributed by atoms with van der Waals surface area (Å²) in [6.45, 7) is 5.08. The molecule has 1 heterocycles. The maximum Gasteiger partial charge on any atom is 0.272 e. The van der Waals surface area contributed by atoms with Crippen molar-refractivity contribution in [2.24, 2.45) is 0 Å². The van der Waals surface area contributed by atoms with Crippen LogP contribution in [0, 0.1) is 15.9 Å². The summed E-state index contributed by atoms with van der Waals surface area (Å²) in [5.74, 6) is -0.610. The SMILES string of the molecule is CC(C)NCc1cn(Cc2cc(F)cc([N+](=O)[O-])c2)cn1. The number of nitrogens with zero attached hydrogens (tertiary/aromatic N) is 3. The summed E-state index contributed by atoms with van der Waals surface area (Å²) in [4.78, 5) is 14.4. The number of imidazole rings is 1. The third-order valence-corrected chi connectivity index (χ3v) is 2.90. The summed E-state index contributed by atoms with van der Waals surface area (Å²) < 4.78 is 15.1. The Morgan fingerprint density at radius 3 is 2.86 bits per heavy atom. The van der Waals surface area contributed by atoms with Gasteiger partial charge in [0.2, 0.25) is 0 Å². The van der Waals surface area contributed by atoms with Gasteiger partial charge in [0, 0.05) is 31.4 Å². The molecule has 112 valence electrons. The largest absolute Gasteiger partial charge is 0.333 e. The fourth-order valence-electron chi connectivity index (χ4n) is 1.93. The molecule has 0 atom stereocenters. The zero-order valence-corrected chi connectivity index (χ0v) is 11.9. The average molecular weight is 292 g/mol. The number of non-ortho nitro benzene ring substituents is 1.